The Kier molecular flexibility index (Phi) is 4.01. The van der Waals surface area contributed by atoms with Crippen LogP contribution in [0.15, 0.2) is 128 Å². The van der Waals surface area contributed by atoms with Crippen LogP contribution < -0.4 is 0 Å². The Labute approximate surface area is 216 Å². The molecule has 0 unspecified atom stereocenters. The molecule has 37 heavy (non-hydrogen) atoms. The van der Waals surface area contributed by atoms with Crippen molar-refractivity contribution in [2.45, 2.75) is 12.3 Å². The monoisotopic (exact) mass is 471 g/mol. The molecule has 2 aliphatic rings. The zero-order chi connectivity index (χ0) is 24.7. The van der Waals surface area contributed by atoms with Crippen LogP contribution in [0.3, 0.4) is 0 Å². The van der Waals surface area contributed by atoms with Gasteiger partial charge in [-0.2, -0.15) is 0 Å². The fourth-order valence-electron chi connectivity index (χ4n) is 7.24. The zero-order valence-electron chi connectivity index (χ0n) is 20.7. The quantitative estimate of drug-likeness (QED) is 0.221. The maximum atomic E-state index is 4.18. The molecule has 8 rings (SSSR count). The molecule has 1 nitrogen and oxygen atoms in total. The molecule has 174 valence electrons. The number of fused-ring (bicyclic) bond motifs is 14. The number of allylic oxidation sites excluding steroid dienone is 3. The normalized spacial score (nSPS) is 14.6. The summed E-state index contributed by atoms with van der Waals surface area (Å²) < 4.78 is 2.42. The van der Waals surface area contributed by atoms with Gasteiger partial charge in [0.1, 0.15) is 0 Å². The van der Waals surface area contributed by atoms with Crippen molar-refractivity contribution in [2.75, 3.05) is 0 Å². The first-order valence-corrected chi connectivity index (χ1v) is 13.0. The Morgan fingerprint density at radius 3 is 1.84 bits per heavy atom. The Balaban J connectivity index is 1.64. The van der Waals surface area contributed by atoms with Crippen molar-refractivity contribution in [2.24, 2.45) is 0 Å². The van der Waals surface area contributed by atoms with Crippen LogP contribution in [0, 0.1) is 0 Å². The summed E-state index contributed by atoms with van der Waals surface area (Å²) in [6.45, 7) is 6.28. The van der Waals surface area contributed by atoms with Gasteiger partial charge in [-0.3, -0.25) is 0 Å². The van der Waals surface area contributed by atoms with Crippen molar-refractivity contribution in [1.82, 2.24) is 4.57 Å². The largest absolute Gasteiger partial charge is 0.309 e. The van der Waals surface area contributed by atoms with Crippen molar-refractivity contribution in [3.05, 3.63) is 150 Å². The van der Waals surface area contributed by atoms with Crippen molar-refractivity contribution in [3.8, 4) is 22.3 Å². The first-order chi connectivity index (χ1) is 18.3. The van der Waals surface area contributed by atoms with Gasteiger partial charge in [0.2, 0.25) is 0 Å². The number of hydrogen-bond donors (Lipinski definition) is 0. The average Bonchev–Trinajstić information content (AvgIpc) is 3.56. The first kappa shape index (κ1) is 20.6. The lowest BCUT2D eigenvalue weighted by Crippen LogP contribution is -2.25. The third kappa shape index (κ3) is 2.31. The minimum atomic E-state index is -0.334. The van der Waals surface area contributed by atoms with E-state index in [2.05, 4.69) is 133 Å². The van der Waals surface area contributed by atoms with E-state index in [1.54, 1.807) is 0 Å². The molecule has 0 atom stereocenters. The molecule has 0 saturated heterocycles. The van der Waals surface area contributed by atoms with E-state index in [9.17, 15) is 0 Å². The Hall–Kier alpha value is -4.62. The Morgan fingerprint density at radius 2 is 1.19 bits per heavy atom. The number of rotatable bonds is 2. The molecule has 0 fully saturated rings. The van der Waals surface area contributed by atoms with E-state index in [-0.39, 0.29) is 5.41 Å². The number of para-hydroxylation sites is 1. The predicted octanol–water partition coefficient (Wildman–Crippen LogP) is 9.18. The molecule has 1 heterocycles. The summed E-state index contributed by atoms with van der Waals surface area (Å²) in [6, 6.07) is 40.5. The molecule has 0 saturated carbocycles. The number of benzene rings is 5. The van der Waals surface area contributed by atoms with Gasteiger partial charge >= 0.3 is 0 Å². The highest BCUT2D eigenvalue weighted by Crippen LogP contribution is 2.64. The van der Waals surface area contributed by atoms with Gasteiger partial charge in [-0.15, -0.1) is 0 Å². The third-order valence-electron chi connectivity index (χ3n) is 8.56. The van der Waals surface area contributed by atoms with Gasteiger partial charge in [-0.1, -0.05) is 116 Å². The van der Waals surface area contributed by atoms with Crippen LogP contribution in [0.2, 0.25) is 0 Å². The highest BCUT2D eigenvalue weighted by molar-refractivity contribution is 6.17. The summed E-state index contributed by atoms with van der Waals surface area (Å²) in [5.41, 5.74) is 14.0. The van der Waals surface area contributed by atoms with E-state index in [0.717, 1.165) is 5.70 Å². The molecule has 5 aromatic carbocycles. The molecule has 0 N–H and O–H groups in total. The van der Waals surface area contributed by atoms with Crippen molar-refractivity contribution in [1.29, 1.82) is 0 Å². The molecule has 6 aromatic rings. The van der Waals surface area contributed by atoms with E-state index < -0.39 is 0 Å². The lowest BCUT2D eigenvalue weighted by molar-refractivity contribution is 0.794. The van der Waals surface area contributed by atoms with E-state index in [0.29, 0.717) is 0 Å². The van der Waals surface area contributed by atoms with Gasteiger partial charge in [0, 0.05) is 22.0 Å². The maximum absolute atomic E-state index is 4.18. The Morgan fingerprint density at radius 1 is 0.622 bits per heavy atom. The summed E-state index contributed by atoms with van der Waals surface area (Å²) in [5, 5.41) is 2.55. The summed E-state index contributed by atoms with van der Waals surface area (Å²) in [6.07, 6.45) is 4.14. The zero-order valence-corrected chi connectivity index (χ0v) is 20.7. The van der Waals surface area contributed by atoms with Gasteiger partial charge in [0.05, 0.1) is 16.4 Å². The molecule has 0 bridgehead atoms. The van der Waals surface area contributed by atoms with Gasteiger partial charge in [-0.05, 0) is 58.0 Å². The summed E-state index contributed by atoms with van der Waals surface area (Å²) >= 11 is 0. The fourth-order valence-corrected chi connectivity index (χ4v) is 7.24. The topological polar surface area (TPSA) is 4.93 Å². The van der Waals surface area contributed by atoms with Crippen LogP contribution in [0.4, 0.5) is 0 Å². The van der Waals surface area contributed by atoms with Crippen LogP contribution in [-0.4, -0.2) is 4.57 Å². The van der Waals surface area contributed by atoms with Crippen LogP contribution in [-0.2, 0) is 5.41 Å². The lowest BCUT2D eigenvalue weighted by Gasteiger charge is -2.30. The van der Waals surface area contributed by atoms with Gasteiger partial charge < -0.3 is 4.57 Å². The molecular weight excluding hydrogens is 446 g/mol. The molecule has 1 heteroatoms. The molecule has 0 radical (unpaired) electrons. The second-order valence-corrected chi connectivity index (χ2v) is 10.0. The van der Waals surface area contributed by atoms with Gasteiger partial charge in [-0.25, -0.2) is 0 Å². The lowest BCUT2D eigenvalue weighted by atomic mass is 9.70. The van der Waals surface area contributed by atoms with Crippen LogP contribution >= 0.6 is 0 Å². The van der Waals surface area contributed by atoms with Crippen LogP contribution in [0.5, 0.6) is 0 Å². The number of hydrogen-bond acceptors (Lipinski definition) is 0. The van der Waals surface area contributed by atoms with Crippen molar-refractivity contribution in [3.63, 3.8) is 0 Å². The standard InChI is InChI=1S/C36H25N/c1-3-23(4-2)37-33-20-12-8-15-26(33)27-21-22-32-34(35(27)37)28-16-7-11-19-31(28)36(32)29-17-9-5-13-24(29)25-14-6-10-18-30(25)36/h3-22H,1H2,2H3/b23-4+. The maximum Gasteiger partial charge on any atom is 0.0726 e. The van der Waals surface area contributed by atoms with E-state index in [1.165, 1.54) is 66.3 Å². The minimum absolute atomic E-state index is 0.334. The molecule has 1 aromatic heterocycles. The SMILES string of the molecule is C=C/C(=C\C)n1c2ccccc2c2ccc3c(c21)-c1ccccc1C31c2ccccc2-c2ccccc21. The summed E-state index contributed by atoms with van der Waals surface area (Å²) in [4.78, 5) is 0. The second-order valence-electron chi connectivity index (χ2n) is 10.0. The number of nitrogens with zero attached hydrogens (tertiary/aromatic N) is 1. The smallest absolute Gasteiger partial charge is 0.0726 e. The van der Waals surface area contributed by atoms with E-state index >= 15 is 0 Å². The predicted molar refractivity (Wildman–Crippen MR) is 156 cm³/mol. The molecule has 0 amide bonds. The van der Waals surface area contributed by atoms with Crippen molar-refractivity contribution >= 4 is 27.5 Å². The molecule has 2 aliphatic carbocycles. The average molecular weight is 472 g/mol. The van der Waals surface area contributed by atoms with Crippen molar-refractivity contribution < 1.29 is 0 Å². The van der Waals surface area contributed by atoms with E-state index in [4.69, 9.17) is 0 Å². The highest BCUT2D eigenvalue weighted by atomic mass is 15.0. The van der Waals surface area contributed by atoms with Gasteiger partial charge in [0.15, 0.2) is 0 Å². The minimum Gasteiger partial charge on any atom is -0.309 e. The molecular formula is C36H25N. The Bertz CT molecular complexity index is 1920. The fraction of sp³-hybridized carbons (Fsp3) is 0.0556. The second kappa shape index (κ2) is 7.21. The summed E-state index contributed by atoms with van der Waals surface area (Å²) in [7, 11) is 0. The van der Waals surface area contributed by atoms with Crippen LogP contribution in [0.25, 0.3) is 49.8 Å². The number of aromatic nitrogens is 1. The molecule has 1 spiro atoms. The van der Waals surface area contributed by atoms with Crippen LogP contribution in [0.1, 0.15) is 29.2 Å². The summed E-state index contributed by atoms with van der Waals surface area (Å²) in [5.74, 6) is 0. The first-order valence-electron chi connectivity index (χ1n) is 13.0. The third-order valence-corrected chi connectivity index (χ3v) is 8.56. The molecule has 0 aliphatic heterocycles. The highest BCUT2D eigenvalue weighted by Gasteiger charge is 2.52. The van der Waals surface area contributed by atoms with Gasteiger partial charge in [0.25, 0.3) is 0 Å². The van der Waals surface area contributed by atoms with E-state index in [1.807, 2.05) is 6.08 Å².